The molecule has 4 rings (SSSR count). The number of benzene rings is 1. The number of thioether (sulfide) groups is 1. The molecule has 0 bridgehead atoms. The summed E-state index contributed by atoms with van der Waals surface area (Å²) in [5, 5.41) is 10.5. The van der Waals surface area contributed by atoms with Gasteiger partial charge in [-0.3, -0.25) is 9.20 Å². The van der Waals surface area contributed by atoms with Crippen molar-refractivity contribution >= 4 is 34.2 Å². The van der Waals surface area contributed by atoms with E-state index in [1.165, 1.54) is 18.2 Å². The van der Waals surface area contributed by atoms with Crippen LogP contribution in [-0.2, 0) is 4.79 Å². The van der Waals surface area contributed by atoms with Gasteiger partial charge in [-0.1, -0.05) is 11.8 Å². The number of hydrogen-bond acceptors (Lipinski definition) is 5. The molecule has 3 aromatic rings. The minimum atomic E-state index is 0.179. The molecule has 0 saturated carbocycles. The van der Waals surface area contributed by atoms with Gasteiger partial charge in [-0.15, -0.1) is 10.2 Å². The number of ether oxygens (including phenoxy) is 1. The normalized spacial score (nSPS) is 17.6. The standard InChI is InChI=1S/C20H24N4O2S/c1-13-10-18-21-22-20(24(18)17-11-15(26-3)7-8-16(13)17)27-12-19(25)23-9-5-4-6-14(23)2/h7-8,10-11,14H,4-6,9,12H2,1-3H3. The van der Waals surface area contributed by atoms with Gasteiger partial charge in [0.05, 0.1) is 18.4 Å². The molecule has 1 saturated heterocycles. The lowest BCUT2D eigenvalue weighted by Crippen LogP contribution is -2.42. The van der Waals surface area contributed by atoms with E-state index in [0.29, 0.717) is 11.8 Å². The second kappa shape index (κ2) is 7.38. The van der Waals surface area contributed by atoms with Gasteiger partial charge in [0.25, 0.3) is 0 Å². The van der Waals surface area contributed by atoms with Gasteiger partial charge >= 0.3 is 0 Å². The molecule has 2 aromatic heterocycles. The van der Waals surface area contributed by atoms with Crippen LogP contribution in [0.1, 0.15) is 31.7 Å². The summed E-state index contributed by atoms with van der Waals surface area (Å²) >= 11 is 1.45. The van der Waals surface area contributed by atoms with E-state index in [0.717, 1.165) is 52.4 Å². The van der Waals surface area contributed by atoms with Crippen LogP contribution in [0.15, 0.2) is 29.4 Å². The SMILES string of the molecule is COc1ccc2c(C)cc3nnc(SCC(=O)N4CCCCC4C)n3c2c1. The van der Waals surface area contributed by atoms with Gasteiger partial charge < -0.3 is 9.64 Å². The molecule has 27 heavy (non-hydrogen) atoms. The Kier molecular flexibility index (Phi) is 4.95. The Bertz CT molecular complexity index is 1000. The maximum Gasteiger partial charge on any atom is 0.233 e. The highest BCUT2D eigenvalue weighted by Crippen LogP contribution is 2.29. The van der Waals surface area contributed by atoms with E-state index in [9.17, 15) is 4.79 Å². The Morgan fingerprint density at radius 3 is 2.93 bits per heavy atom. The topological polar surface area (TPSA) is 59.7 Å². The molecule has 1 amide bonds. The molecule has 0 spiro atoms. The number of aromatic nitrogens is 3. The van der Waals surface area contributed by atoms with E-state index < -0.39 is 0 Å². The van der Waals surface area contributed by atoms with Crippen molar-refractivity contribution in [2.24, 2.45) is 0 Å². The average Bonchev–Trinajstić information content (AvgIpc) is 3.09. The number of nitrogens with zero attached hydrogens (tertiary/aromatic N) is 4. The predicted molar refractivity (Wildman–Crippen MR) is 108 cm³/mol. The Hall–Kier alpha value is -2.28. The van der Waals surface area contributed by atoms with Crippen molar-refractivity contribution in [3.8, 4) is 5.75 Å². The van der Waals surface area contributed by atoms with E-state index in [-0.39, 0.29) is 5.91 Å². The van der Waals surface area contributed by atoms with Gasteiger partial charge in [-0.05, 0) is 56.9 Å². The lowest BCUT2D eigenvalue weighted by molar-refractivity contribution is -0.131. The third-order valence-electron chi connectivity index (χ3n) is 5.32. The van der Waals surface area contributed by atoms with Crippen LogP contribution in [0, 0.1) is 6.92 Å². The van der Waals surface area contributed by atoms with Crippen molar-refractivity contribution in [1.82, 2.24) is 19.5 Å². The molecular weight excluding hydrogens is 360 g/mol. The molecule has 1 atom stereocenters. The monoisotopic (exact) mass is 384 g/mol. The van der Waals surface area contributed by atoms with Crippen LogP contribution in [0.2, 0.25) is 0 Å². The zero-order valence-corrected chi connectivity index (χ0v) is 16.8. The van der Waals surface area contributed by atoms with E-state index in [4.69, 9.17) is 4.74 Å². The molecule has 0 N–H and O–H groups in total. The smallest absolute Gasteiger partial charge is 0.233 e. The van der Waals surface area contributed by atoms with Crippen LogP contribution in [0.3, 0.4) is 0 Å². The molecule has 1 aromatic carbocycles. The van der Waals surface area contributed by atoms with Crippen molar-refractivity contribution in [1.29, 1.82) is 0 Å². The molecule has 6 nitrogen and oxygen atoms in total. The molecule has 142 valence electrons. The summed E-state index contributed by atoms with van der Waals surface area (Å²) in [4.78, 5) is 14.7. The van der Waals surface area contributed by atoms with E-state index >= 15 is 0 Å². The van der Waals surface area contributed by atoms with E-state index in [1.54, 1.807) is 7.11 Å². The second-order valence-corrected chi connectivity index (χ2v) is 8.05. The van der Waals surface area contributed by atoms with E-state index in [1.807, 2.05) is 27.5 Å². The van der Waals surface area contributed by atoms with Crippen LogP contribution in [-0.4, -0.2) is 50.9 Å². The molecule has 1 unspecified atom stereocenters. The number of rotatable bonds is 4. The van der Waals surface area contributed by atoms with Crippen LogP contribution >= 0.6 is 11.8 Å². The number of piperidine rings is 1. The fraction of sp³-hybridized carbons (Fsp3) is 0.450. The number of pyridine rings is 1. The first-order valence-corrected chi connectivity index (χ1v) is 10.3. The van der Waals surface area contributed by atoms with Gasteiger partial charge in [0.2, 0.25) is 5.91 Å². The quantitative estimate of drug-likeness (QED) is 0.642. The number of methoxy groups -OCH3 is 1. The number of aryl methyl sites for hydroxylation is 1. The summed E-state index contributed by atoms with van der Waals surface area (Å²) < 4.78 is 7.41. The number of hydrogen-bond donors (Lipinski definition) is 0. The minimum absolute atomic E-state index is 0.179. The maximum absolute atomic E-state index is 12.7. The van der Waals surface area contributed by atoms with E-state index in [2.05, 4.69) is 30.1 Å². The van der Waals surface area contributed by atoms with Gasteiger partial charge in [0.1, 0.15) is 5.75 Å². The summed E-state index contributed by atoms with van der Waals surface area (Å²) in [7, 11) is 1.66. The Morgan fingerprint density at radius 2 is 2.15 bits per heavy atom. The summed E-state index contributed by atoms with van der Waals surface area (Å²) in [6.45, 7) is 5.06. The predicted octanol–water partition coefficient (Wildman–Crippen LogP) is 3.69. The highest BCUT2D eigenvalue weighted by atomic mass is 32.2. The number of amides is 1. The lowest BCUT2D eigenvalue weighted by atomic mass is 10.0. The third kappa shape index (κ3) is 3.36. The number of fused-ring (bicyclic) bond motifs is 3. The maximum atomic E-state index is 12.7. The average molecular weight is 385 g/mol. The third-order valence-corrected chi connectivity index (χ3v) is 6.24. The van der Waals surface area contributed by atoms with Gasteiger partial charge in [-0.25, -0.2) is 0 Å². The van der Waals surface area contributed by atoms with Crippen molar-refractivity contribution in [2.75, 3.05) is 19.4 Å². The highest BCUT2D eigenvalue weighted by Gasteiger charge is 2.23. The molecule has 0 radical (unpaired) electrons. The van der Waals surface area contributed by atoms with Crippen LogP contribution < -0.4 is 4.74 Å². The van der Waals surface area contributed by atoms with Gasteiger partial charge in [0.15, 0.2) is 10.8 Å². The molecule has 1 aliphatic heterocycles. The Balaban J connectivity index is 1.66. The molecule has 0 aliphatic carbocycles. The van der Waals surface area contributed by atoms with Crippen LogP contribution in [0.4, 0.5) is 0 Å². The van der Waals surface area contributed by atoms with Crippen LogP contribution in [0.25, 0.3) is 16.6 Å². The van der Waals surface area contributed by atoms with Crippen molar-refractivity contribution in [3.63, 3.8) is 0 Å². The number of carbonyl (C=O) groups excluding carboxylic acids is 1. The molecule has 7 heteroatoms. The summed E-state index contributed by atoms with van der Waals surface area (Å²) in [5.74, 6) is 1.35. The molecule has 3 heterocycles. The Morgan fingerprint density at radius 1 is 1.30 bits per heavy atom. The number of carbonyl (C=O) groups is 1. The lowest BCUT2D eigenvalue weighted by Gasteiger charge is -2.33. The van der Waals surface area contributed by atoms with Gasteiger partial charge in [0, 0.05) is 24.0 Å². The Labute approximate surface area is 162 Å². The molecule has 1 fully saturated rings. The first-order chi connectivity index (χ1) is 13.1. The fourth-order valence-corrected chi connectivity index (χ4v) is 4.64. The molecular formula is C20H24N4O2S. The fourth-order valence-electron chi connectivity index (χ4n) is 3.80. The highest BCUT2D eigenvalue weighted by molar-refractivity contribution is 7.99. The molecule has 1 aliphatic rings. The van der Waals surface area contributed by atoms with Gasteiger partial charge in [-0.2, -0.15) is 0 Å². The van der Waals surface area contributed by atoms with Crippen LogP contribution in [0.5, 0.6) is 5.75 Å². The zero-order chi connectivity index (χ0) is 19.0. The van der Waals surface area contributed by atoms with Crippen molar-refractivity contribution in [2.45, 2.75) is 44.3 Å². The first kappa shape index (κ1) is 18.1. The summed E-state index contributed by atoms with van der Waals surface area (Å²) in [6, 6.07) is 8.37. The largest absolute Gasteiger partial charge is 0.497 e. The van der Waals surface area contributed by atoms with Crippen molar-refractivity contribution < 1.29 is 9.53 Å². The summed E-state index contributed by atoms with van der Waals surface area (Å²) in [6.07, 6.45) is 3.40. The first-order valence-electron chi connectivity index (χ1n) is 9.33. The second-order valence-electron chi connectivity index (χ2n) is 7.11. The van der Waals surface area contributed by atoms with Crippen molar-refractivity contribution in [3.05, 3.63) is 29.8 Å². The number of likely N-dealkylation sites (tertiary alicyclic amines) is 1. The zero-order valence-electron chi connectivity index (χ0n) is 15.9. The summed E-state index contributed by atoms with van der Waals surface area (Å²) in [5.41, 5.74) is 2.92. The minimum Gasteiger partial charge on any atom is -0.497 e.